The zero-order chi connectivity index (χ0) is 22.3. The summed E-state index contributed by atoms with van der Waals surface area (Å²) in [6, 6.07) is 16.7. The first-order chi connectivity index (χ1) is 15.6. The lowest BCUT2D eigenvalue weighted by atomic mass is 10.1. The average Bonchev–Trinajstić information content (AvgIpc) is 3.49. The summed E-state index contributed by atoms with van der Waals surface area (Å²) in [7, 11) is 0. The first kappa shape index (κ1) is 22.2. The average molecular weight is 438 g/mol. The number of carbonyl (C=O) groups is 1. The summed E-state index contributed by atoms with van der Waals surface area (Å²) in [6.45, 7) is 4.20. The minimum Gasteiger partial charge on any atom is -0.447 e. The molecule has 0 spiro atoms. The number of nitrogens with one attached hydrogen (secondary N) is 1. The molecule has 0 radical (unpaired) electrons. The van der Waals surface area contributed by atoms with Gasteiger partial charge in [0.25, 0.3) is 5.91 Å². The van der Waals surface area contributed by atoms with Gasteiger partial charge in [-0.2, -0.15) is 0 Å². The summed E-state index contributed by atoms with van der Waals surface area (Å²) in [5.41, 5.74) is 2.23. The lowest BCUT2D eigenvalue weighted by molar-refractivity contribution is 0.0853. The smallest absolute Gasteiger partial charge is 0.273 e. The fourth-order valence-electron chi connectivity index (χ4n) is 3.91. The van der Waals surface area contributed by atoms with Gasteiger partial charge in [-0.25, -0.2) is 9.37 Å². The highest BCUT2D eigenvalue weighted by molar-refractivity contribution is 5.91. The van der Waals surface area contributed by atoms with Crippen molar-refractivity contribution in [2.75, 3.05) is 13.2 Å². The topological polar surface area (TPSA) is 67.6 Å². The number of hydrogen-bond acceptors (Lipinski definition) is 5. The predicted molar refractivity (Wildman–Crippen MR) is 118 cm³/mol. The third kappa shape index (κ3) is 5.81. The highest BCUT2D eigenvalue weighted by atomic mass is 19.1. The number of aromatic nitrogens is 1. The summed E-state index contributed by atoms with van der Waals surface area (Å²) in [6.07, 6.45) is 3.43. The van der Waals surface area contributed by atoms with E-state index in [9.17, 15) is 9.18 Å². The van der Waals surface area contributed by atoms with E-state index in [1.165, 1.54) is 18.4 Å². The Bertz CT molecular complexity index is 1020. The van der Waals surface area contributed by atoms with Gasteiger partial charge in [-0.05, 0) is 43.0 Å². The van der Waals surface area contributed by atoms with E-state index in [4.69, 9.17) is 9.15 Å². The molecule has 2 aromatic carbocycles. The van der Waals surface area contributed by atoms with Gasteiger partial charge in [-0.1, -0.05) is 42.5 Å². The van der Waals surface area contributed by atoms with Crippen molar-refractivity contribution in [3.63, 3.8) is 0 Å². The van der Waals surface area contributed by atoms with E-state index in [0.717, 1.165) is 30.6 Å². The molecule has 32 heavy (non-hydrogen) atoms. The predicted octanol–water partition coefficient (Wildman–Crippen LogP) is 4.49. The quantitative estimate of drug-likeness (QED) is 0.534. The molecule has 3 aromatic rings. The van der Waals surface area contributed by atoms with Crippen LogP contribution in [0.4, 0.5) is 4.39 Å². The van der Waals surface area contributed by atoms with Crippen molar-refractivity contribution in [1.82, 2.24) is 15.2 Å². The van der Waals surface area contributed by atoms with Gasteiger partial charge in [-0.15, -0.1) is 0 Å². The van der Waals surface area contributed by atoms with Gasteiger partial charge < -0.3 is 14.5 Å². The van der Waals surface area contributed by atoms with Gasteiger partial charge in [0.2, 0.25) is 5.89 Å². The lowest BCUT2D eigenvalue weighted by Gasteiger charge is -2.28. The van der Waals surface area contributed by atoms with Gasteiger partial charge in [0.15, 0.2) is 5.69 Å². The molecule has 7 heteroatoms. The largest absolute Gasteiger partial charge is 0.447 e. The molecule has 2 atom stereocenters. The second kappa shape index (κ2) is 10.5. The van der Waals surface area contributed by atoms with E-state index in [1.54, 1.807) is 6.07 Å². The van der Waals surface area contributed by atoms with Crippen LogP contribution in [0.5, 0.6) is 0 Å². The van der Waals surface area contributed by atoms with Crippen LogP contribution < -0.4 is 5.32 Å². The highest BCUT2D eigenvalue weighted by Crippen LogP contribution is 2.25. The van der Waals surface area contributed by atoms with Crippen LogP contribution >= 0.6 is 0 Å². The molecular weight excluding hydrogens is 409 g/mol. The summed E-state index contributed by atoms with van der Waals surface area (Å²) in [5, 5.41) is 2.86. The van der Waals surface area contributed by atoms with Crippen LogP contribution in [0.3, 0.4) is 0 Å². The minimum absolute atomic E-state index is 0.0307. The Balaban J connectivity index is 1.46. The van der Waals surface area contributed by atoms with E-state index in [-0.39, 0.29) is 29.6 Å². The fourth-order valence-corrected chi connectivity index (χ4v) is 3.91. The molecule has 0 bridgehead atoms. The van der Waals surface area contributed by atoms with Crippen molar-refractivity contribution >= 4 is 5.91 Å². The molecule has 0 unspecified atom stereocenters. The number of hydrogen-bond donors (Lipinski definition) is 1. The molecule has 1 saturated heterocycles. The Morgan fingerprint density at radius 3 is 2.81 bits per heavy atom. The number of amides is 1. The molecule has 1 N–H and O–H groups in total. The number of halogens is 1. The molecular formula is C25H28FN3O3. The summed E-state index contributed by atoms with van der Waals surface area (Å²) in [5.74, 6) is -0.106. The Kier molecular flexibility index (Phi) is 7.29. The molecule has 1 aromatic heterocycles. The maximum atomic E-state index is 13.7. The molecule has 6 nitrogen and oxygen atoms in total. The summed E-state index contributed by atoms with van der Waals surface area (Å²) < 4.78 is 24.9. The SMILES string of the molecule is C[C@@H](c1ccccc1)N(Cc1cccc(F)c1)Cc1nc(C(=O)NC[C@@H]2CCCO2)co1. The van der Waals surface area contributed by atoms with Gasteiger partial charge >= 0.3 is 0 Å². The van der Waals surface area contributed by atoms with Crippen LogP contribution in [-0.2, 0) is 17.8 Å². The van der Waals surface area contributed by atoms with Crippen molar-refractivity contribution in [2.45, 2.75) is 45.0 Å². The number of nitrogens with zero attached hydrogens (tertiary/aromatic N) is 2. The normalized spacial score (nSPS) is 16.9. The monoisotopic (exact) mass is 437 g/mol. The second-order valence-electron chi connectivity index (χ2n) is 8.09. The van der Waals surface area contributed by atoms with Crippen molar-refractivity contribution < 1.29 is 18.3 Å². The standard InChI is InChI=1S/C25H28FN3O3/c1-18(20-8-3-2-4-9-20)29(15-19-7-5-10-21(26)13-19)16-24-28-23(17-32-24)25(30)27-14-22-11-6-12-31-22/h2-5,7-10,13,17-18,22H,6,11-12,14-16H2,1H3,(H,27,30)/t18-,22-/m0/s1. The molecule has 1 aliphatic heterocycles. The van der Waals surface area contributed by atoms with Crippen molar-refractivity contribution in [3.05, 3.63) is 89.4 Å². The summed E-state index contributed by atoms with van der Waals surface area (Å²) >= 11 is 0. The summed E-state index contributed by atoms with van der Waals surface area (Å²) in [4.78, 5) is 19.0. The molecule has 4 rings (SSSR count). The molecule has 0 aliphatic carbocycles. The van der Waals surface area contributed by atoms with Crippen LogP contribution in [0.15, 0.2) is 65.3 Å². The number of benzene rings is 2. The van der Waals surface area contributed by atoms with Gasteiger partial charge in [0.05, 0.1) is 12.6 Å². The van der Waals surface area contributed by atoms with Crippen molar-refractivity contribution in [2.24, 2.45) is 0 Å². The lowest BCUT2D eigenvalue weighted by Crippen LogP contribution is -2.32. The first-order valence-corrected chi connectivity index (χ1v) is 11.0. The highest BCUT2D eigenvalue weighted by Gasteiger charge is 2.22. The molecule has 0 saturated carbocycles. The molecule has 1 amide bonds. The maximum absolute atomic E-state index is 13.7. The third-order valence-electron chi connectivity index (χ3n) is 5.74. The van der Waals surface area contributed by atoms with Crippen LogP contribution in [0.2, 0.25) is 0 Å². The molecule has 168 valence electrons. The number of carbonyl (C=O) groups excluding carboxylic acids is 1. The molecule has 1 aliphatic rings. The van der Waals surface area contributed by atoms with E-state index < -0.39 is 0 Å². The Labute approximate surface area is 187 Å². The van der Waals surface area contributed by atoms with Crippen LogP contribution in [0, 0.1) is 5.82 Å². The Morgan fingerprint density at radius 2 is 2.06 bits per heavy atom. The first-order valence-electron chi connectivity index (χ1n) is 11.0. The fraction of sp³-hybridized carbons (Fsp3) is 0.360. The van der Waals surface area contributed by atoms with Crippen LogP contribution in [0.1, 0.15) is 53.3 Å². The molecule has 1 fully saturated rings. The second-order valence-corrected chi connectivity index (χ2v) is 8.09. The minimum atomic E-state index is -0.275. The molecule has 2 heterocycles. The maximum Gasteiger partial charge on any atom is 0.273 e. The number of oxazole rings is 1. The number of ether oxygens (including phenoxy) is 1. The third-order valence-corrected chi connectivity index (χ3v) is 5.74. The zero-order valence-electron chi connectivity index (χ0n) is 18.2. The van der Waals surface area contributed by atoms with Crippen molar-refractivity contribution in [3.8, 4) is 0 Å². The zero-order valence-corrected chi connectivity index (χ0v) is 18.2. The van der Waals surface area contributed by atoms with E-state index in [1.807, 2.05) is 24.3 Å². The van der Waals surface area contributed by atoms with Gasteiger partial charge in [0.1, 0.15) is 12.1 Å². The van der Waals surface area contributed by atoms with E-state index >= 15 is 0 Å². The Morgan fingerprint density at radius 1 is 1.22 bits per heavy atom. The van der Waals surface area contributed by atoms with E-state index in [0.29, 0.717) is 25.5 Å². The van der Waals surface area contributed by atoms with Gasteiger partial charge in [-0.3, -0.25) is 9.69 Å². The van der Waals surface area contributed by atoms with Crippen molar-refractivity contribution in [1.29, 1.82) is 0 Å². The Hall–Kier alpha value is -3.03. The van der Waals surface area contributed by atoms with Gasteiger partial charge in [0, 0.05) is 25.7 Å². The van der Waals surface area contributed by atoms with Crippen LogP contribution in [0.25, 0.3) is 0 Å². The van der Waals surface area contributed by atoms with E-state index in [2.05, 4.69) is 34.3 Å². The number of rotatable bonds is 9. The van der Waals surface area contributed by atoms with Crippen LogP contribution in [-0.4, -0.2) is 35.0 Å².